The number of hydrogen-bond acceptors (Lipinski definition) is 4. The van der Waals surface area contributed by atoms with Crippen molar-refractivity contribution in [2.24, 2.45) is 0 Å². The Morgan fingerprint density at radius 2 is 1.96 bits per heavy atom. The van der Waals surface area contributed by atoms with Crippen LogP contribution in [-0.4, -0.2) is 30.6 Å². The molecule has 4 rings (SSSR count). The number of benzene rings is 2. The van der Waals surface area contributed by atoms with Crippen molar-refractivity contribution in [2.45, 2.75) is 23.8 Å². The molecule has 0 spiro atoms. The van der Waals surface area contributed by atoms with Gasteiger partial charge in [-0.05, 0) is 43.2 Å². The van der Waals surface area contributed by atoms with E-state index in [1.807, 2.05) is 0 Å². The van der Waals surface area contributed by atoms with Crippen LogP contribution in [0.25, 0.3) is 10.9 Å². The van der Waals surface area contributed by atoms with Gasteiger partial charge in [0.25, 0.3) is 5.91 Å². The van der Waals surface area contributed by atoms with Gasteiger partial charge in [-0.25, -0.2) is 21.9 Å². The fraction of sp³-hybridized carbons (Fsp3) is 0.176. The standard InChI is InChI=1S/C17H14F2N4O3S/c18-12-5-6-14(27(25,26)23-10-3-4-10)16(19)15(12)17(24)21-11-2-1-9-8-20-22-13(9)7-11/h1-2,5-8,10,23H,3-4H2,(H,20,22)(H,21,24). The molecule has 1 aliphatic carbocycles. The molecule has 1 aliphatic rings. The predicted octanol–water partition coefficient (Wildman–Crippen LogP) is 2.53. The van der Waals surface area contributed by atoms with Crippen LogP contribution >= 0.6 is 0 Å². The van der Waals surface area contributed by atoms with Crippen molar-refractivity contribution < 1.29 is 22.0 Å². The molecule has 0 atom stereocenters. The van der Waals surface area contributed by atoms with Crippen LogP contribution in [0.15, 0.2) is 41.4 Å². The Hall–Kier alpha value is -2.85. The third-order valence-electron chi connectivity index (χ3n) is 4.17. The van der Waals surface area contributed by atoms with Crippen molar-refractivity contribution >= 4 is 32.5 Å². The zero-order valence-corrected chi connectivity index (χ0v) is 14.6. The minimum atomic E-state index is -4.18. The van der Waals surface area contributed by atoms with E-state index < -0.39 is 38.0 Å². The molecule has 3 aromatic rings. The molecule has 1 aromatic heterocycles. The maximum absolute atomic E-state index is 14.7. The van der Waals surface area contributed by atoms with Gasteiger partial charge in [0.05, 0.1) is 11.7 Å². The summed E-state index contributed by atoms with van der Waals surface area (Å²) in [5.74, 6) is -3.67. The number of aromatic nitrogens is 2. The van der Waals surface area contributed by atoms with Crippen molar-refractivity contribution in [1.82, 2.24) is 14.9 Å². The summed E-state index contributed by atoms with van der Waals surface area (Å²) in [7, 11) is -4.18. The van der Waals surface area contributed by atoms with Gasteiger partial charge in [-0.15, -0.1) is 0 Å². The first-order chi connectivity index (χ1) is 12.8. The number of carbonyl (C=O) groups is 1. The lowest BCUT2D eigenvalue weighted by atomic mass is 10.1. The molecule has 3 N–H and O–H groups in total. The van der Waals surface area contributed by atoms with Crippen LogP contribution in [0.5, 0.6) is 0 Å². The lowest BCUT2D eigenvalue weighted by Crippen LogP contribution is -2.28. The van der Waals surface area contributed by atoms with E-state index in [1.165, 1.54) is 0 Å². The predicted molar refractivity (Wildman–Crippen MR) is 93.7 cm³/mol. The van der Waals surface area contributed by atoms with Crippen molar-refractivity contribution in [3.05, 3.63) is 53.7 Å². The van der Waals surface area contributed by atoms with Gasteiger partial charge in [-0.2, -0.15) is 5.10 Å². The fourth-order valence-corrected chi connectivity index (χ4v) is 4.03. The molecule has 140 valence electrons. The monoisotopic (exact) mass is 392 g/mol. The lowest BCUT2D eigenvalue weighted by molar-refractivity contribution is 0.101. The highest BCUT2D eigenvalue weighted by atomic mass is 32.2. The van der Waals surface area contributed by atoms with Crippen LogP contribution in [0.3, 0.4) is 0 Å². The summed E-state index contributed by atoms with van der Waals surface area (Å²) in [6, 6.07) is 6.08. The molecule has 1 amide bonds. The van der Waals surface area contributed by atoms with Gasteiger partial charge in [-0.1, -0.05) is 0 Å². The van der Waals surface area contributed by atoms with Gasteiger partial charge in [0.1, 0.15) is 16.3 Å². The van der Waals surface area contributed by atoms with Crippen molar-refractivity contribution in [3.63, 3.8) is 0 Å². The molecule has 0 bridgehead atoms. The first-order valence-electron chi connectivity index (χ1n) is 8.10. The number of H-pyrrole nitrogens is 1. The van der Waals surface area contributed by atoms with Crippen LogP contribution in [0.1, 0.15) is 23.2 Å². The number of rotatable bonds is 5. The molecule has 0 radical (unpaired) electrons. The summed E-state index contributed by atoms with van der Waals surface area (Å²) in [4.78, 5) is 11.7. The maximum atomic E-state index is 14.7. The molecular formula is C17H14F2N4O3S. The highest BCUT2D eigenvalue weighted by molar-refractivity contribution is 7.89. The third kappa shape index (κ3) is 3.40. The van der Waals surface area contributed by atoms with E-state index in [1.54, 1.807) is 24.4 Å². The Bertz CT molecular complexity index is 1160. The Morgan fingerprint density at radius 3 is 2.70 bits per heavy atom. The van der Waals surface area contributed by atoms with Crippen LogP contribution in [0.4, 0.5) is 14.5 Å². The molecule has 0 unspecified atom stereocenters. The Kier molecular flexibility index (Phi) is 4.16. The Morgan fingerprint density at radius 1 is 1.19 bits per heavy atom. The van der Waals surface area contributed by atoms with Gasteiger partial charge in [0.15, 0.2) is 5.82 Å². The van der Waals surface area contributed by atoms with E-state index in [0.29, 0.717) is 18.4 Å². The van der Waals surface area contributed by atoms with Crippen LogP contribution in [0.2, 0.25) is 0 Å². The highest BCUT2D eigenvalue weighted by Crippen LogP contribution is 2.26. The van der Waals surface area contributed by atoms with Crippen LogP contribution in [-0.2, 0) is 10.0 Å². The first kappa shape index (κ1) is 17.6. The topological polar surface area (TPSA) is 104 Å². The van der Waals surface area contributed by atoms with Gasteiger partial charge in [-0.3, -0.25) is 9.89 Å². The molecule has 2 aromatic carbocycles. The number of amides is 1. The number of hydrogen-bond donors (Lipinski definition) is 3. The summed E-state index contributed by atoms with van der Waals surface area (Å²) in [6.45, 7) is 0. The van der Waals surface area contributed by atoms with Gasteiger partial charge >= 0.3 is 0 Å². The van der Waals surface area contributed by atoms with Crippen molar-refractivity contribution in [3.8, 4) is 0 Å². The number of halogens is 2. The van der Waals surface area contributed by atoms with Crippen molar-refractivity contribution in [1.29, 1.82) is 0 Å². The summed E-state index contributed by atoms with van der Waals surface area (Å²) in [5, 5.41) is 9.72. The number of sulfonamides is 1. The molecule has 1 fully saturated rings. The smallest absolute Gasteiger partial charge is 0.261 e. The zero-order valence-electron chi connectivity index (χ0n) is 13.8. The number of nitrogens with one attached hydrogen (secondary N) is 3. The molecular weight excluding hydrogens is 378 g/mol. The number of aromatic amines is 1. The number of fused-ring (bicyclic) bond motifs is 1. The summed E-state index contributed by atoms with van der Waals surface area (Å²) in [6.07, 6.45) is 2.90. The number of carbonyl (C=O) groups excluding carboxylic acids is 1. The average molecular weight is 392 g/mol. The van der Waals surface area contributed by atoms with Gasteiger partial charge in [0, 0.05) is 17.1 Å². The van der Waals surface area contributed by atoms with Gasteiger partial charge < -0.3 is 5.32 Å². The van der Waals surface area contributed by atoms with Gasteiger partial charge in [0.2, 0.25) is 10.0 Å². The second kappa shape index (κ2) is 6.39. The van der Waals surface area contributed by atoms with E-state index >= 15 is 0 Å². The first-order valence-corrected chi connectivity index (χ1v) is 9.58. The summed E-state index contributed by atoms with van der Waals surface area (Å²) >= 11 is 0. The van der Waals surface area contributed by atoms with E-state index in [9.17, 15) is 22.0 Å². The maximum Gasteiger partial charge on any atom is 0.261 e. The molecule has 7 nitrogen and oxygen atoms in total. The lowest BCUT2D eigenvalue weighted by Gasteiger charge is -2.11. The average Bonchev–Trinajstić information content (AvgIpc) is 3.27. The highest BCUT2D eigenvalue weighted by Gasteiger charge is 2.32. The fourth-order valence-electron chi connectivity index (χ4n) is 2.64. The molecule has 0 aliphatic heterocycles. The normalized spacial score (nSPS) is 14.4. The number of anilines is 1. The van der Waals surface area contributed by atoms with E-state index in [0.717, 1.165) is 17.5 Å². The van der Waals surface area contributed by atoms with E-state index in [-0.39, 0.29) is 11.7 Å². The molecule has 1 saturated carbocycles. The SMILES string of the molecule is O=C(Nc1ccc2cn[nH]c2c1)c1c(F)ccc(S(=O)(=O)NC2CC2)c1F. The van der Waals surface area contributed by atoms with Crippen molar-refractivity contribution in [2.75, 3.05) is 5.32 Å². The summed E-state index contributed by atoms with van der Waals surface area (Å²) < 4.78 is 55.6. The second-order valence-corrected chi connectivity index (χ2v) is 7.94. The third-order valence-corrected chi connectivity index (χ3v) is 5.71. The van der Waals surface area contributed by atoms with Crippen LogP contribution < -0.4 is 10.0 Å². The van der Waals surface area contributed by atoms with Crippen LogP contribution in [0, 0.1) is 11.6 Å². The Labute approximate surface area is 152 Å². The largest absolute Gasteiger partial charge is 0.322 e. The van der Waals surface area contributed by atoms with E-state index in [2.05, 4.69) is 20.2 Å². The molecule has 27 heavy (non-hydrogen) atoms. The minimum absolute atomic E-state index is 0.252. The summed E-state index contributed by atoms with van der Waals surface area (Å²) in [5.41, 5.74) is -0.0583. The Balaban J connectivity index is 1.67. The molecule has 0 saturated heterocycles. The minimum Gasteiger partial charge on any atom is -0.322 e. The molecule has 10 heteroatoms. The van der Waals surface area contributed by atoms with E-state index in [4.69, 9.17) is 0 Å². The second-order valence-electron chi connectivity index (χ2n) is 6.26. The number of nitrogens with zero attached hydrogens (tertiary/aromatic N) is 1. The molecule has 1 heterocycles. The quantitative estimate of drug-likeness (QED) is 0.621. The zero-order chi connectivity index (χ0) is 19.2.